The minimum absolute atomic E-state index is 0. The number of anilines is 3. The number of benzene rings is 4. The van der Waals surface area contributed by atoms with Crippen LogP contribution in [0.5, 0.6) is 11.5 Å². The molecule has 0 bridgehead atoms. The molecule has 0 saturated heterocycles. The maximum atomic E-state index is 6.74. The van der Waals surface area contributed by atoms with Crippen LogP contribution in [0.25, 0.3) is 27.6 Å². The molecular weight excluding hydrogens is 736 g/mol. The van der Waals surface area contributed by atoms with Crippen molar-refractivity contribution in [2.24, 2.45) is 0 Å². The molecule has 45 heavy (non-hydrogen) atoms. The summed E-state index contributed by atoms with van der Waals surface area (Å²) in [7, 11) is 2.12. The largest absolute Gasteiger partial charge is 2.00 e. The molecule has 0 N–H and O–H groups in total. The average Bonchev–Trinajstić information content (AvgIpc) is 3.51. The third-order valence-corrected chi connectivity index (χ3v) is 8.54. The van der Waals surface area contributed by atoms with Crippen LogP contribution >= 0.6 is 0 Å². The number of aromatic nitrogens is 2. The fraction of sp³-hybridized carbons (Fsp3) is 0.256. The molecule has 0 atom stereocenters. The van der Waals surface area contributed by atoms with Gasteiger partial charge in [-0.05, 0) is 46.7 Å². The molecule has 0 saturated carbocycles. The molecule has 4 aromatic carbocycles. The third kappa shape index (κ3) is 5.53. The van der Waals surface area contributed by atoms with Crippen LogP contribution in [-0.4, -0.2) is 23.3 Å². The van der Waals surface area contributed by atoms with Crippen LogP contribution in [-0.2, 0) is 31.9 Å². The number of hydrogen-bond donors (Lipinski definition) is 0. The van der Waals surface area contributed by atoms with E-state index in [1.54, 1.807) is 0 Å². The molecule has 5 nitrogen and oxygen atoms in total. The van der Waals surface area contributed by atoms with E-state index >= 15 is 0 Å². The molecule has 0 fully saturated rings. The van der Waals surface area contributed by atoms with Crippen LogP contribution in [0.15, 0.2) is 91.1 Å². The zero-order valence-electron chi connectivity index (χ0n) is 26.9. The van der Waals surface area contributed by atoms with Crippen LogP contribution in [0.3, 0.4) is 0 Å². The molecule has 0 unspecified atom stereocenters. The fourth-order valence-electron chi connectivity index (χ4n) is 6.17. The van der Waals surface area contributed by atoms with Gasteiger partial charge in [0.15, 0.2) is 0 Å². The van der Waals surface area contributed by atoms with Gasteiger partial charge >= 0.3 is 21.1 Å². The predicted molar refractivity (Wildman–Crippen MR) is 182 cm³/mol. The van der Waals surface area contributed by atoms with Crippen molar-refractivity contribution in [3.8, 4) is 17.3 Å². The second kappa shape index (κ2) is 11.4. The van der Waals surface area contributed by atoms with Gasteiger partial charge in [0.1, 0.15) is 5.82 Å². The molecule has 1 aliphatic rings. The Morgan fingerprint density at radius 2 is 1.49 bits per heavy atom. The molecule has 230 valence electrons. The quantitative estimate of drug-likeness (QED) is 0.167. The summed E-state index contributed by atoms with van der Waals surface area (Å²) in [5.74, 6) is 2.23. The van der Waals surface area contributed by atoms with Gasteiger partial charge in [-0.15, -0.1) is 35.2 Å². The normalized spacial score (nSPS) is 13.3. The van der Waals surface area contributed by atoms with Gasteiger partial charge in [0.05, 0.1) is 18.0 Å². The second-order valence-corrected chi connectivity index (χ2v) is 13.8. The molecule has 6 heteroatoms. The van der Waals surface area contributed by atoms with Crippen molar-refractivity contribution >= 4 is 38.9 Å². The summed E-state index contributed by atoms with van der Waals surface area (Å²) >= 11 is 0. The smallest absolute Gasteiger partial charge is 0.509 e. The van der Waals surface area contributed by atoms with E-state index in [0.717, 1.165) is 45.5 Å². The minimum Gasteiger partial charge on any atom is -0.509 e. The zero-order chi connectivity index (χ0) is 30.8. The Morgan fingerprint density at radius 3 is 2.24 bits per heavy atom. The molecule has 3 heterocycles. The Kier molecular flexibility index (Phi) is 7.81. The van der Waals surface area contributed by atoms with Crippen molar-refractivity contribution in [1.82, 2.24) is 9.55 Å². The van der Waals surface area contributed by atoms with Gasteiger partial charge in [-0.2, -0.15) is 12.1 Å². The third-order valence-electron chi connectivity index (χ3n) is 8.54. The van der Waals surface area contributed by atoms with E-state index in [0.29, 0.717) is 11.5 Å². The maximum Gasteiger partial charge on any atom is 2.00 e. The summed E-state index contributed by atoms with van der Waals surface area (Å²) < 4.78 is 8.94. The molecule has 7 rings (SSSR count). The minimum atomic E-state index is -0.139. The SMILES string of the molecule is CN1CN(c2[c-]c(Oc3[c-]c4c(cc3)c3ccccc3n4-c3cc(C(C)(C)C)ccn3)c(C(C)(C)C)cc2)c2ccccc21.[Pt+2]. The van der Waals surface area contributed by atoms with Gasteiger partial charge in [0, 0.05) is 30.3 Å². The van der Waals surface area contributed by atoms with E-state index in [1.807, 2.05) is 12.3 Å². The van der Waals surface area contributed by atoms with Crippen LogP contribution in [0, 0.1) is 12.1 Å². The van der Waals surface area contributed by atoms with Crippen molar-refractivity contribution < 1.29 is 25.8 Å². The van der Waals surface area contributed by atoms with Gasteiger partial charge in [0.25, 0.3) is 0 Å². The Morgan fingerprint density at radius 1 is 0.756 bits per heavy atom. The monoisotopic (exact) mass is 773 g/mol. The first-order valence-electron chi connectivity index (χ1n) is 15.2. The zero-order valence-corrected chi connectivity index (χ0v) is 29.2. The molecule has 1 aliphatic heterocycles. The van der Waals surface area contributed by atoms with Crippen molar-refractivity contribution in [1.29, 1.82) is 0 Å². The van der Waals surface area contributed by atoms with E-state index in [2.05, 4.69) is 154 Å². The van der Waals surface area contributed by atoms with Crippen LogP contribution < -0.4 is 14.5 Å². The molecular formula is C39H38N4OPt. The standard InChI is InChI=1S/C39H38N4O.Pt/c1-38(2,3)26-20-21-40-37(22-26)43-32-13-9-8-12-29(32)30-18-17-28(24-35(30)43)44-36-23-27(16-19-31(36)39(4,5)6)42-25-41(7)33-14-10-11-15-34(33)42;/h8-22H,25H2,1-7H3;/q-2;+2. The van der Waals surface area contributed by atoms with Gasteiger partial charge in [0.2, 0.25) is 0 Å². The first-order valence-corrected chi connectivity index (χ1v) is 15.2. The van der Waals surface area contributed by atoms with Crippen molar-refractivity contribution in [2.75, 3.05) is 23.5 Å². The Labute approximate surface area is 280 Å². The molecule has 0 amide bonds. The summed E-state index contributed by atoms with van der Waals surface area (Å²) in [6.45, 7) is 14.1. The summed E-state index contributed by atoms with van der Waals surface area (Å²) in [5.41, 5.74) is 7.57. The first kappa shape index (κ1) is 30.9. The van der Waals surface area contributed by atoms with E-state index in [1.165, 1.54) is 16.9 Å². The number of pyridine rings is 1. The van der Waals surface area contributed by atoms with Crippen LogP contribution in [0.2, 0.25) is 0 Å². The van der Waals surface area contributed by atoms with Crippen molar-refractivity contribution in [3.63, 3.8) is 0 Å². The summed E-state index contributed by atoms with van der Waals surface area (Å²) in [6.07, 6.45) is 1.90. The molecule has 6 aromatic rings. The molecule has 2 aromatic heterocycles. The fourth-order valence-corrected chi connectivity index (χ4v) is 6.17. The van der Waals surface area contributed by atoms with Crippen molar-refractivity contribution in [3.05, 3.63) is 114 Å². The van der Waals surface area contributed by atoms with Gasteiger partial charge < -0.3 is 19.1 Å². The van der Waals surface area contributed by atoms with Crippen molar-refractivity contribution in [2.45, 2.75) is 52.4 Å². The van der Waals surface area contributed by atoms with Crippen LogP contribution in [0.4, 0.5) is 17.1 Å². The number of rotatable bonds is 4. The molecule has 0 aliphatic carbocycles. The second-order valence-electron chi connectivity index (χ2n) is 13.8. The summed E-state index contributed by atoms with van der Waals surface area (Å²) in [4.78, 5) is 9.36. The molecule has 0 spiro atoms. The van der Waals surface area contributed by atoms with Crippen LogP contribution in [0.1, 0.15) is 52.7 Å². The van der Waals surface area contributed by atoms with Gasteiger partial charge in [-0.3, -0.25) is 0 Å². The first-order chi connectivity index (χ1) is 21.0. The van der Waals surface area contributed by atoms with E-state index in [9.17, 15) is 0 Å². The molecule has 0 radical (unpaired) electrons. The maximum absolute atomic E-state index is 6.74. The topological polar surface area (TPSA) is 33.5 Å². The Bertz CT molecular complexity index is 2030. The number of nitrogens with zero attached hydrogens (tertiary/aromatic N) is 4. The van der Waals surface area contributed by atoms with E-state index < -0.39 is 0 Å². The average molecular weight is 774 g/mol. The number of fused-ring (bicyclic) bond motifs is 4. The summed E-state index contributed by atoms with van der Waals surface area (Å²) in [6, 6.07) is 37.0. The van der Waals surface area contributed by atoms with E-state index in [-0.39, 0.29) is 31.9 Å². The van der Waals surface area contributed by atoms with Gasteiger partial charge in [-0.1, -0.05) is 88.5 Å². The Hall–Kier alpha value is -4.08. The number of para-hydroxylation sites is 3. The van der Waals surface area contributed by atoms with E-state index in [4.69, 9.17) is 9.72 Å². The number of hydrogen-bond acceptors (Lipinski definition) is 4. The predicted octanol–water partition coefficient (Wildman–Crippen LogP) is 9.71. The number of ether oxygens (including phenoxy) is 1. The van der Waals surface area contributed by atoms with Gasteiger partial charge in [-0.25, -0.2) is 4.98 Å². The Balaban J connectivity index is 0.00000357. The summed E-state index contributed by atoms with van der Waals surface area (Å²) in [5, 5.41) is 2.27.